The van der Waals surface area contributed by atoms with E-state index in [2.05, 4.69) is 4.74 Å². The number of aliphatic hydroxyl groups is 1. The first kappa shape index (κ1) is 24.0. The van der Waals surface area contributed by atoms with E-state index in [-0.39, 0.29) is 24.5 Å². The van der Waals surface area contributed by atoms with Crippen LogP contribution >= 0.6 is 0 Å². The van der Waals surface area contributed by atoms with E-state index in [9.17, 15) is 23.5 Å². The molecule has 32 heavy (non-hydrogen) atoms. The Hall–Kier alpha value is -2.62. The van der Waals surface area contributed by atoms with Gasteiger partial charge < -0.3 is 24.1 Å². The molecule has 1 saturated carbocycles. The summed E-state index contributed by atoms with van der Waals surface area (Å²) in [7, 11) is 1.19. The van der Waals surface area contributed by atoms with E-state index in [0.717, 1.165) is 17.7 Å². The number of carbonyl (C=O) groups is 2. The standard InChI is InChI=1S/C22H29F2NO7/c1-21(2,3)32-20(27)25-12-22(28,10-15(25)18(26)29-4)14-7-8-16(31-19(23)24)17(9-14)30-11-13-5-6-13/h7-9,13,15,19,28H,5-6,10-12H2,1-4H3/t15-,22-/m1/s1. The Labute approximate surface area is 185 Å². The average Bonchev–Trinajstić information content (AvgIpc) is 3.45. The maximum absolute atomic E-state index is 12.8. The average molecular weight is 457 g/mol. The molecular formula is C22H29F2NO7. The monoisotopic (exact) mass is 457 g/mol. The lowest BCUT2D eigenvalue weighted by molar-refractivity contribution is -0.145. The molecule has 2 aliphatic rings. The highest BCUT2D eigenvalue weighted by atomic mass is 19.3. The van der Waals surface area contributed by atoms with Crippen LogP contribution in [0, 0.1) is 5.92 Å². The summed E-state index contributed by atoms with van der Waals surface area (Å²) in [6.07, 6.45) is 1.07. The quantitative estimate of drug-likeness (QED) is 0.627. The fourth-order valence-corrected chi connectivity index (χ4v) is 3.55. The lowest BCUT2D eigenvalue weighted by Gasteiger charge is -2.28. The lowest BCUT2D eigenvalue weighted by Crippen LogP contribution is -2.44. The van der Waals surface area contributed by atoms with Gasteiger partial charge in [-0.1, -0.05) is 6.07 Å². The van der Waals surface area contributed by atoms with Gasteiger partial charge in [-0.2, -0.15) is 8.78 Å². The molecule has 1 amide bonds. The topological polar surface area (TPSA) is 94.5 Å². The van der Waals surface area contributed by atoms with Gasteiger partial charge in [-0.25, -0.2) is 9.59 Å². The number of ether oxygens (including phenoxy) is 4. The number of rotatable bonds is 7. The molecule has 0 radical (unpaired) electrons. The SMILES string of the molecule is COC(=O)[C@H]1C[C@](O)(c2ccc(OC(F)F)c(OCC3CC3)c2)CN1C(=O)OC(C)(C)C. The van der Waals surface area contributed by atoms with E-state index in [1.807, 2.05) is 0 Å². The third-order valence-corrected chi connectivity index (χ3v) is 5.31. The first-order valence-electron chi connectivity index (χ1n) is 10.4. The van der Waals surface area contributed by atoms with Gasteiger partial charge in [0, 0.05) is 6.42 Å². The highest BCUT2D eigenvalue weighted by molar-refractivity contribution is 5.82. The Morgan fingerprint density at radius 3 is 2.50 bits per heavy atom. The highest BCUT2D eigenvalue weighted by Gasteiger charge is 2.50. The van der Waals surface area contributed by atoms with Crippen molar-refractivity contribution < 1.29 is 42.4 Å². The van der Waals surface area contributed by atoms with Crippen molar-refractivity contribution in [1.29, 1.82) is 0 Å². The van der Waals surface area contributed by atoms with Crippen LogP contribution < -0.4 is 9.47 Å². The Bertz CT molecular complexity index is 853. The Balaban J connectivity index is 1.89. The summed E-state index contributed by atoms with van der Waals surface area (Å²) >= 11 is 0. The van der Waals surface area contributed by atoms with Crippen molar-refractivity contribution in [3.05, 3.63) is 23.8 Å². The first-order chi connectivity index (χ1) is 14.9. The maximum atomic E-state index is 12.8. The Morgan fingerprint density at radius 1 is 1.25 bits per heavy atom. The smallest absolute Gasteiger partial charge is 0.411 e. The minimum atomic E-state index is -3.04. The van der Waals surface area contributed by atoms with Gasteiger partial charge >= 0.3 is 18.7 Å². The summed E-state index contributed by atoms with van der Waals surface area (Å²) in [4.78, 5) is 26.1. The number of carbonyl (C=O) groups excluding carboxylic acids is 2. The van der Waals surface area contributed by atoms with E-state index in [0.29, 0.717) is 18.1 Å². The van der Waals surface area contributed by atoms with Crippen LogP contribution in [0.25, 0.3) is 0 Å². The molecule has 0 spiro atoms. The second-order valence-corrected chi connectivity index (χ2v) is 9.18. The molecule has 1 aromatic carbocycles. The van der Waals surface area contributed by atoms with Crippen LogP contribution in [0.4, 0.5) is 13.6 Å². The van der Waals surface area contributed by atoms with Crippen LogP contribution in [-0.2, 0) is 19.9 Å². The van der Waals surface area contributed by atoms with Crippen LogP contribution in [-0.4, -0.2) is 60.6 Å². The summed E-state index contributed by atoms with van der Waals surface area (Å²) in [5.74, 6) is -0.429. The molecule has 3 rings (SSSR count). The van der Waals surface area contributed by atoms with Gasteiger partial charge in [0.15, 0.2) is 11.5 Å². The van der Waals surface area contributed by atoms with Gasteiger partial charge in [0.05, 0.1) is 20.3 Å². The summed E-state index contributed by atoms with van der Waals surface area (Å²) in [5, 5.41) is 11.4. The van der Waals surface area contributed by atoms with Crippen molar-refractivity contribution in [2.45, 2.75) is 63.9 Å². The van der Waals surface area contributed by atoms with Crippen LogP contribution in [0.15, 0.2) is 18.2 Å². The van der Waals surface area contributed by atoms with Crippen molar-refractivity contribution in [3.63, 3.8) is 0 Å². The number of hydrogen-bond donors (Lipinski definition) is 1. The van der Waals surface area contributed by atoms with E-state index in [1.165, 1.54) is 25.3 Å². The van der Waals surface area contributed by atoms with Crippen molar-refractivity contribution in [2.24, 2.45) is 5.92 Å². The number of β-amino-alcohol motifs (C(OH)–C–C–N with tert-alkyl or cyclic N) is 1. The third kappa shape index (κ3) is 5.79. The summed E-state index contributed by atoms with van der Waals surface area (Å²) in [5.41, 5.74) is -2.17. The molecule has 178 valence electrons. The van der Waals surface area contributed by atoms with E-state index in [4.69, 9.17) is 14.2 Å². The Morgan fingerprint density at radius 2 is 1.94 bits per heavy atom. The maximum Gasteiger partial charge on any atom is 0.411 e. The van der Waals surface area contributed by atoms with Crippen molar-refractivity contribution in [2.75, 3.05) is 20.3 Å². The Kier molecular flexibility index (Phi) is 6.83. The minimum Gasteiger partial charge on any atom is -0.489 e. The van der Waals surface area contributed by atoms with Crippen LogP contribution in [0.5, 0.6) is 11.5 Å². The fourth-order valence-electron chi connectivity index (χ4n) is 3.55. The second kappa shape index (κ2) is 9.09. The molecule has 1 aliphatic carbocycles. The molecule has 2 fully saturated rings. The first-order valence-corrected chi connectivity index (χ1v) is 10.4. The van der Waals surface area contributed by atoms with E-state index >= 15 is 0 Å². The fraction of sp³-hybridized carbons (Fsp3) is 0.636. The molecule has 0 bridgehead atoms. The van der Waals surface area contributed by atoms with Crippen molar-refractivity contribution in [3.8, 4) is 11.5 Å². The number of benzene rings is 1. The summed E-state index contributed by atoms with van der Waals surface area (Å²) in [6.45, 7) is 2.11. The lowest BCUT2D eigenvalue weighted by atomic mass is 9.91. The molecule has 8 nitrogen and oxygen atoms in total. The summed E-state index contributed by atoms with van der Waals surface area (Å²) in [6, 6.07) is 3.03. The molecule has 1 heterocycles. The zero-order chi connectivity index (χ0) is 23.7. The van der Waals surface area contributed by atoms with Gasteiger partial charge in [-0.3, -0.25) is 4.90 Å². The van der Waals surface area contributed by atoms with Crippen molar-refractivity contribution >= 4 is 12.1 Å². The van der Waals surface area contributed by atoms with E-state index < -0.39 is 35.9 Å². The number of nitrogens with zero attached hydrogens (tertiary/aromatic N) is 1. The van der Waals surface area contributed by atoms with Gasteiger partial charge in [0.2, 0.25) is 0 Å². The number of hydrogen-bond acceptors (Lipinski definition) is 7. The van der Waals surface area contributed by atoms with Crippen LogP contribution in [0.3, 0.4) is 0 Å². The normalized spacial score (nSPS) is 23.2. The van der Waals surface area contributed by atoms with Crippen LogP contribution in [0.1, 0.15) is 45.6 Å². The zero-order valence-corrected chi connectivity index (χ0v) is 18.6. The predicted octanol–water partition coefficient (Wildman–Crippen LogP) is 3.45. The molecular weight excluding hydrogens is 428 g/mol. The zero-order valence-electron chi connectivity index (χ0n) is 18.6. The van der Waals surface area contributed by atoms with Gasteiger partial charge in [-0.05, 0) is 57.2 Å². The number of amides is 1. The molecule has 0 unspecified atom stereocenters. The summed E-state index contributed by atoms with van der Waals surface area (Å²) < 4.78 is 46.0. The van der Waals surface area contributed by atoms with E-state index in [1.54, 1.807) is 20.8 Å². The van der Waals surface area contributed by atoms with Gasteiger partial charge in [0.25, 0.3) is 0 Å². The van der Waals surface area contributed by atoms with Crippen molar-refractivity contribution in [1.82, 2.24) is 4.90 Å². The minimum absolute atomic E-state index is 0.0634. The molecule has 10 heteroatoms. The van der Waals surface area contributed by atoms with Crippen LogP contribution in [0.2, 0.25) is 0 Å². The highest BCUT2D eigenvalue weighted by Crippen LogP contribution is 2.41. The molecule has 1 saturated heterocycles. The number of halogens is 2. The largest absolute Gasteiger partial charge is 0.489 e. The predicted molar refractivity (Wildman–Crippen MR) is 109 cm³/mol. The van der Waals surface area contributed by atoms with Gasteiger partial charge in [-0.15, -0.1) is 0 Å². The number of likely N-dealkylation sites (tertiary alicyclic amines) is 1. The molecule has 1 aromatic rings. The third-order valence-electron chi connectivity index (χ3n) is 5.31. The second-order valence-electron chi connectivity index (χ2n) is 9.18. The number of alkyl halides is 2. The molecule has 1 N–H and O–H groups in total. The molecule has 1 aliphatic heterocycles. The number of esters is 1. The number of methoxy groups -OCH3 is 1. The molecule has 0 aromatic heterocycles. The molecule has 2 atom stereocenters. The van der Waals surface area contributed by atoms with Gasteiger partial charge in [0.1, 0.15) is 17.2 Å².